The van der Waals surface area contributed by atoms with Gasteiger partial charge in [-0.3, -0.25) is 15.0 Å². The molecular weight excluding hydrogens is 341 g/mol. The van der Waals surface area contributed by atoms with Crippen molar-refractivity contribution < 1.29 is 18.1 Å². The molecule has 0 saturated carbocycles. The molecule has 0 radical (unpaired) electrons. The predicted octanol–water partition coefficient (Wildman–Crippen LogP) is 3.88. The molecule has 0 unspecified atom stereocenters. The summed E-state index contributed by atoms with van der Waals surface area (Å²) in [4.78, 5) is 11.5. The van der Waals surface area contributed by atoms with Crippen LogP contribution in [0.25, 0.3) is 0 Å². The number of nitro benzene ring substituents is 1. The maximum Gasteiger partial charge on any atom is 0.404 e. The molecular formula is C12H12BrF3N2O2. The van der Waals surface area contributed by atoms with E-state index in [2.05, 4.69) is 15.9 Å². The van der Waals surface area contributed by atoms with Crippen molar-refractivity contribution in [3.8, 4) is 0 Å². The summed E-state index contributed by atoms with van der Waals surface area (Å²) in [6.07, 6.45) is -3.70. The minimum absolute atomic E-state index is 0.0481. The lowest BCUT2D eigenvalue weighted by Gasteiger charge is -2.26. The summed E-state index contributed by atoms with van der Waals surface area (Å²) in [6.45, 7) is 0.395. The maximum absolute atomic E-state index is 12.9. The van der Waals surface area contributed by atoms with Crippen LogP contribution in [0.5, 0.6) is 0 Å². The Hall–Kier alpha value is -1.15. The van der Waals surface area contributed by atoms with Crippen LogP contribution in [0.2, 0.25) is 0 Å². The molecule has 0 spiro atoms. The van der Waals surface area contributed by atoms with Crippen molar-refractivity contribution in [2.75, 3.05) is 6.54 Å². The highest BCUT2D eigenvalue weighted by Gasteiger charge is 2.45. The largest absolute Gasteiger partial charge is 0.404 e. The van der Waals surface area contributed by atoms with Crippen LogP contribution >= 0.6 is 15.9 Å². The molecule has 1 heterocycles. The molecule has 0 N–H and O–H groups in total. The fourth-order valence-electron chi connectivity index (χ4n) is 2.40. The van der Waals surface area contributed by atoms with Crippen molar-refractivity contribution in [3.63, 3.8) is 0 Å². The van der Waals surface area contributed by atoms with Gasteiger partial charge in [-0.1, -0.05) is 15.9 Å². The average Bonchev–Trinajstić information content (AvgIpc) is 2.79. The van der Waals surface area contributed by atoms with Gasteiger partial charge in [-0.25, -0.2) is 0 Å². The number of hydrogen-bond donors (Lipinski definition) is 0. The number of hydrogen-bond acceptors (Lipinski definition) is 3. The van der Waals surface area contributed by atoms with Crippen LogP contribution < -0.4 is 0 Å². The Morgan fingerprint density at radius 1 is 1.45 bits per heavy atom. The SMILES string of the molecule is O=[N+]([O-])c1ccc(Br)c(CN2CCC[C@H]2C(F)(F)F)c1. The quantitative estimate of drug-likeness (QED) is 0.612. The number of non-ortho nitro benzene ring substituents is 1. The Bertz CT molecular complexity index is 522. The Kier molecular flexibility index (Phi) is 4.33. The van der Waals surface area contributed by atoms with E-state index < -0.39 is 17.1 Å². The van der Waals surface area contributed by atoms with Crippen molar-refractivity contribution in [2.45, 2.75) is 31.6 Å². The van der Waals surface area contributed by atoms with Crippen LogP contribution in [0.3, 0.4) is 0 Å². The van der Waals surface area contributed by atoms with Gasteiger partial charge in [-0.2, -0.15) is 13.2 Å². The molecule has 4 nitrogen and oxygen atoms in total. The second-order valence-electron chi connectivity index (χ2n) is 4.70. The molecule has 0 aliphatic carbocycles. The molecule has 1 aliphatic heterocycles. The maximum atomic E-state index is 12.9. The minimum atomic E-state index is -4.26. The average molecular weight is 353 g/mol. The number of nitro groups is 1. The highest BCUT2D eigenvalue weighted by Crippen LogP contribution is 2.34. The van der Waals surface area contributed by atoms with Gasteiger partial charge in [-0.05, 0) is 31.0 Å². The minimum Gasteiger partial charge on any atom is -0.288 e. The molecule has 0 amide bonds. The van der Waals surface area contributed by atoms with Crippen LogP contribution in [0, 0.1) is 10.1 Å². The number of nitrogens with zero attached hydrogens (tertiary/aromatic N) is 2. The fraction of sp³-hybridized carbons (Fsp3) is 0.500. The van der Waals surface area contributed by atoms with E-state index in [1.807, 2.05) is 0 Å². The van der Waals surface area contributed by atoms with Gasteiger partial charge in [0.25, 0.3) is 5.69 Å². The molecule has 1 aromatic carbocycles. The first kappa shape index (κ1) is 15.2. The van der Waals surface area contributed by atoms with Crippen LogP contribution in [-0.4, -0.2) is 28.6 Å². The summed E-state index contributed by atoms with van der Waals surface area (Å²) < 4.78 is 39.2. The monoisotopic (exact) mass is 352 g/mol. The Morgan fingerprint density at radius 3 is 2.75 bits per heavy atom. The molecule has 1 aromatic rings. The van der Waals surface area contributed by atoms with Gasteiger partial charge >= 0.3 is 6.18 Å². The number of halogens is 4. The second kappa shape index (κ2) is 5.69. The van der Waals surface area contributed by atoms with Gasteiger partial charge in [0.2, 0.25) is 0 Å². The van der Waals surface area contributed by atoms with Gasteiger partial charge in [0.15, 0.2) is 0 Å². The summed E-state index contributed by atoms with van der Waals surface area (Å²) in [5, 5.41) is 10.7. The van der Waals surface area contributed by atoms with Gasteiger partial charge in [0.1, 0.15) is 6.04 Å². The second-order valence-corrected chi connectivity index (χ2v) is 5.56. The third kappa shape index (κ3) is 3.29. The summed E-state index contributed by atoms with van der Waals surface area (Å²) in [5.74, 6) is 0. The Labute approximate surface area is 121 Å². The van der Waals surface area contributed by atoms with Gasteiger partial charge in [0.05, 0.1) is 4.92 Å². The van der Waals surface area contributed by atoms with Gasteiger partial charge in [-0.15, -0.1) is 0 Å². The Morgan fingerprint density at radius 2 is 2.15 bits per heavy atom. The summed E-state index contributed by atoms with van der Waals surface area (Å²) in [7, 11) is 0. The van der Waals surface area contributed by atoms with Crippen molar-refractivity contribution in [1.29, 1.82) is 0 Å². The first-order valence-electron chi connectivity index (χ1n) is 6.02. The van der Waals surface area contributed by atoms with E-state index in [1.54, 1.807) is 0 Å². The number of rotatable bonds is 3. The lowest BCUT2D eigenvalue weighted by molar-refractivity contribution is -0.384. The normalized spacial score (nSPS) is 20.3. The Balaban J connectivity index is 2.21. The molecule has 110 valence electrons. The van der Waals surface area contributed by atoms with Crippen molar-refractivity contribution in [1.82, 2.24) is 4.90 Å². The van der Waals surface area contributed by atoms with E-state index in [0.29, 0.717) is 23.0 Å². The molecule has 0 bridgehead atoms. The first-order valence-corrected chi connectivity index (χ1v) is 6.82. The van der Waals surface area contributed by atoms with Gasteiger partial charge < -0.3 is 0 Å². The predicted molar refractivity (Wildman–Crippen MR) is 70.3 cm³/mol. The third-order valence-corrected chi connectivity index (χ3v) is 4.13. The van der Waals surface area contributed by atoms with E-state index in [-0.39, 0.29) is 18.7 Å². The molecule has 1 aliphatic rings. The van der Waals surface area contributed by atoms with Crippen molar-refractivity contribution in [2.24, 2.45) is 0 Å². The zero-order valence-electron chi connectivity index (χ0n) is 10.4. The van der Waals surface area contributed by atoms with Gasteiger partial charge in [0, 0.05) is 23.2 Å². The zero-order chi connectivity index (χ0) is 14.9. The lowest BCUT2D eigenvalue weighted by Crippen LogP contribution is -2.40. The van der Waals surface area contributed by atoms with E-state index in [9.17, 15) is 23.3 Å². The molecule has 1 fully saturated rings. The van der Waals surface area contributed by atoms with Crippen LogP contribution in [-0.2, 0) is 6.54 Å². The highest BCUT2D eigenvalue weighted by atomic mass is 79.9. The molecule has 0 aromatic heterocycles. The highest BCUT2D eigenvalue weighted by molar-refractivity contribution is 9.10. The van der Waals surface area contributed by atoms with Crippen LogP contribution in [0.1, 0.15) is 18.4 Å². The molecule has 1 atom stereocenters. The summed E-state index contributed by atoms with van der Waals surface area (Å²) >= 11 is 3.23. The summed E-state index contributed by atoms with van der Waals surface area (Å²) in [5.41, 5.74) is 0.376. The molecule has 1 saturated heterocycles. The molecule has 8 heteroatoms. The number of likely N-dealkylation sites (tertiary alicyclic amines) is 1. The molecule has 20 heavy (non-hydrogen) atoms. The lowest BCUT2D eigenvalue weighted by atomic mass is 10.1. The topological polar surface area (TPSA) is 46.4 Å². The standard InChI is InChI=1S/C12H12BrF3N2O2/c13-10-4-3-9(18(19)20)6-8(10)7-17-5-1-2-11(17)12(14,15)16/h3-4,6,11H,1-2,5,7H2/t11-/m0/s1. The first-order chi connectivity index (χ1) is 9.29. The zero-order valence-corrected chi connectivity index (χ0v) is 11.9. The smallest absolute Gasteiger partial charge is 0.288 e. The van der Waals surface area contributed by atoms with E-state index in [0.717, 1.165) is 0 Å². The van der Waals surface area contributed by atoms with Crippen LogP contribution in [0.4, 0.5) is 18.9 Å². The number of benzene rings is 1. The third-order valence-electron chi connectivity index (χ3n) is 3.36. The van der Waals surface area contributed by atoms with Crippen molar-refractivity contribution in [3.05, 3.63) is 38.3 Å². The summed E-state index contributed by atoms with van der Waals surface area (Å²) in [6, 6.07) is 2.66. The number of alkyl halides is 3. The van der Waals surface area contributed by atoms with Crippen molar-refractivity contribution >= 4 is 21.6 Å². The van der Waals surface area contributed by atoms with E-state index >= 15 is 0 Å². The van der Waals surface area contributed by atoms with E-state index in [1.165, 1.54) is 23.1 Å². The van der Waals surface area contributed by atoms with Crippen LogP contribution in [0.15, 0.2) is 22.7 Å². The van der Waals surface area contributed by atoms with E-state index in [4.69, 9.17) is 0 Å². The fourth-order valence-corrected chi connectivity index (χ4v) is 2.77. The molecule has 2 rings (SSSR count).